The van der Waals surface area contributed by atoms with Crippen LogP contribution in [0.15, 0.2) is 35.2 Å². The first-order chi connectivity index (χ1) is 9.24. The van der Waals surface area contributed by atoms with Crippen LogP contribution in [0.25, 0.3) is 0 Å². The van der Waals surface area contributed by atoms with Gasteiger partial charge in [-0.25, -0.2) is 4.98 Å². The zero-order chi connectivity index (χ0) is 13.2. The van der Waals surface area contributed by atoms with E-state index in [1.54, 1.807) is 12.5 Å². The number of nitrogens with zero attached hydrogens (tertiary/aromatic N) is 2. The Kier molecular flexibility index (Phi) is 3.40. The highest BCUT2D eigenvalue weighted by molar-refractivity contribution is 5.15. The van der Waals surface area contributed by atoms with E-state index in [1.807, 2.05) is 29.9 Å². The Balaban J connectivity index is 1.72. The number of imidazole rings is 1. The molecule has 2 N–H and O–H groups in total. The number of hydrogen-bond donors (Lipinski definition) is 2. The lowest BCUT2D eigenvalue weighted by Gasteiger charge is -2.32. The Morgan fingerprint density at radius 3 is 3.00 bits per heavy atom. The maximum atomic E-state index is 9.33. The van der Waals surface area contributed by atoms with Gasteiger partial charge in [-0.05, 0) is 37.4 Å². The maximum absolute atomic E-state index is 9.33. The molecule has 1 fully saturated rings. The van der Waals surface area contributed by atoms with Crippen molar-refractivity contribution in [2.75, 3.05) is 6.54 Å². The standard InChI is InChI=1S/C14H19N3O2/c1-17-5-4-15-14(17)13(12-3-2-6-19-12)16-9-10-7-11(18)8-10/h2-6,10-11,13,16,18H,7-9H2,1H3. The lowest BCUT2D eigenvalue weighted by molar-refractivity contribution is 0.0419. The third kappa shape index (κ3) is 2.57. The highest BCUT2D eigenvalue weighted by Gasteiger charge is 2.29. The van der Waals surface area contributed by atoms with E-state index >= 15 is 0 Å². The predicted molar refractivity (Wildman–Crippen MR) is 70.5 cm³/mol. The molecule has 2 aromatic heterocycles. The van der Waals surface area contributed by atoms with Crippen LogP contribution in [-0.2, 0) is 7.05 Å². The maximum Gasteiger partial charge on any atom is 0.133 e. The quantitative estimate of drug-likeness (QED) is 0.855. The summed E-state index contributed by atoms with van der Waals surface area (Å²) in [6.07, 6.45) is 7.07. The van der Waals surface area contributed by atoms with E-state index in [9.17, 15) is 5.11 Å². The number of aliphatic hydroxyl groups excluding tert-OH is 1. The Hall–Kier alpha value is -1.59. The molecule has 2 aromatic rings. The van der Waals surface area contributed by atoms with Crippen molar-refractivity contribution in [3.63, 3.8) is 0 Å². The monoisotopic (exact) mass is 261 g/mol. The molecule has 1 aliphatic carbocycles. The molecule has 1 atom stereocenters. The van der Waals surface area contributed by atoms with Crippen molar-refractivity contribution in [1.29, 1.82) is 0 Å². The van der Waals surface area contributed by atoms with Crippen molar-refractivity contribution in [3.05, 3.63) is 42.4 Å². The fraction of sp³-hybridized carbons (Fsp3) is 0.500. The second kappa shape index (κ2) is 5.19. The van der Waals surface area contributed by atoms with Crippen LogP contribution >= 0.6 is 0 Å². The van der Waals surface area contributed by atoms with Gasteiger partial charge in [0.1, 0.15) is 17.6 Å². The lowest BCUT2D eigenvalue weighted by atomic mass is 9.82. The molecule has 3 rings (SSSR count). The number of rotatable bonds is 5. The molecular formula is C14H19N3O2. The van der Waals surface area contributed by atoms with Crippen LogP contribution in [0, 0.1) is 5.92 Å². The van der Waals surface area contributed by atoms with Crippen LogP contribution in [0.5, 0.6) is 0 Å². The largest absolute Gasteiger partial charge is 0.467 e. The second-order valence-corrected chi connectivity index (χ2v) is 5.24. The van der Waals surface area contributed by atoms with E-state index in [0.717, 1.165) is 31.0 Å². The van der Waals surface area contributed by atoms with Crippen LogP contribution in [-0.4, -0.2) is 27.3 Å². The number of aryl methyl sites for hydroxylation is 1. The smallest absolute Gasteiger partial charge is 0.133 e. The number of aromatic nitrogens is 2. The van der Waals surface area contributed by atoms with E-state index in [0.29, 0.717) is 5.92 Å². The molecule has 0 radical (unpaired) electrons. The number of aliphatic hydroxyl groups is 1. The van der Waals surface area contributed by atoms with Crippen molar-refractivity contribution in [3.8, 4) is 0 Å². The topological polar surface area (TPSA) is 63.2 Å². The molecule has 5 heteroatoms. The summed E-state index contributed by atoms with van der Waals surface area (Å²) in [6, 6.07) is 3.81. The molecule has 2 heterocycles. The van der Waals surface area contributed by atoms with Gasteiger partial charge in [0.05, 0.1) is 12.4 Å². The van der Waals surface area contributed by atoms with Gasteiger partial charge in [0.2, 0.25) is 0 Å². The predicted octanol–water partition coefficient (Wildman–Crippen LogP) is 1.46. The van der Waals surface area contributed by atoms with Crippen molar-refractivity contribution in [2.24, 2.45) is 13.0 Å². The molecule has 0 aliphatic heterocycles. The van der Waals surface area contributed by atoms with Crippen LogP contribution in [0.4, 0.5) is 0 Å². The molecule has 0 aromatic carbocycles. The number of hydrogen-bond acceptors (Lipinski definition) is 4. The molecule has 0 saturated heterocycles. The van der Waals surface area contributed by atoms with Gasteiger partial charge in [-0.15, -0.1) is 0 Å². The van der Waals surface area contributed by atoms with Crippen molar-refractivity contribution in [1.82, 2.24) is 14.9 Å². The normalized spacial score (nSPS) is 24.1. The molecule has 1 aliphatic rings. The third-order valence-corrected chi connectivity index (χ3v) is 3.77. The Labute approximate surface area is 112 Å². The number of furan rings is 1. The molecular weight excluding hydrogens is 242 g/mol. The van der Waals surface area contributed by atoms with Gasteiger partial charge in [-0.3, -0.25) is 0 Å². The minimum Gasteiger partial charge on any atom is -0.467 e. The van der Waals surface area contributed by atoms with Gasteiger partial charge in [0, 0.05) is 19.4 Å². The van der Waals surface area contributed by atoms with Crippen molar-refractivity contribution >= 4 is 0 Å². The lowest BCUT2D eigenvalue weighted by Crippen LogP contribution is -2.38. The van der Waals surface area contributed by atoms with Crippen molar-refractivity contribution < 1.29 is 9.52 Å². The average molecular weight is 261 g/mol. The molecule has 5 nitrogen and oxygen atoms in total. The summed E-state index contributed by atoms with van der Waals surface area (Å²) in [6.45, 7) is 0.870. The number of nitrogens with one attached hydrogen (secondary N) is 1. The van der Waals surface area contributed by atoms with Gasteiger partial charge < -0.3 is 19.4 Å². The molecule has 0 spiro atoms. The molecule has 0 bridgehead atoms. The zero-order valence-electron chi connectivity index (χ0n) is 11.0. The molecule has 1 unspecified atom stereocenters. The van der Waals surface area contributed by atoms with E-state index < -0.39 is 0 Å². The van der Waals surface area contributed by atoms with Gasteiger partial charge in [-0.1, -0.05) is 0 Å². The van der Waals surface area contributed by atoms with E-state index in [4.69, 9.17) is 4.42 Å². The first-order valence-electron chi connectivity index (χ1n) is 6.66. The summed E-state index contributed by atoms with van der Waals surface area (Å²) in [4.78, 5) is 4.40. The fourth-order valence-electron chi connectivity index (χ4n) is 2.58. The van der Waals surface area contributed by atoms with Crippen LogP contribution in [0.1, 0.15) is 30.5 Å². The van der Waals surface area contributed by atoms with Gasteiger partial charge in [0.25, 0.3) is 0 Å². The highest BCUT2D eigenvalue weighted by atomic mass is 16.3. The summed E-state index contributed by atoms with van der Waals surface area (Å²) in [5.74, 6) is 2.36. The molecule has 1 saturated carbocycles. The molecule has 19 heavy (non-hydrogen) atoms. The molecule has 102 valence electrons. The summed E-state index contributed by atoms with van der Waals surface area (Å²) < 4.78 is 7.51. The summed E-state index contributed by atoms with van der Waals surface area (Å²) in [5, 5.41) is 12.8. The summed E-state index contributed by atoms with van der Waals surface area (Å²) >= 11 is 0. The molecule has 0 amide bonds. The summed E-state index contributed by atoms with van der Waals surface area (Å²) in [5.41, 5.74) is 0. The van der Waals surface area contributed by atoms with E-state index in [1.165, 1.54) is 0 Å². The third-order valence-electron chi connectivity index (χ3n) is 3.77. The second-order valence-electron chi connectivity index (χ2n) is 5.24. The van der Waals surface area contributed by atoms with Gasteiger partial charge in [-0.2, -0.15) is 0 Å². The summed E-state index contributed by atoms with van der Waals surface area (Å²) in [7, 11) is 1.98. The minimum absolute atomic E-state index is 0.0345. The Morgan fingerprint density at radius 1 is 1.58 bits per heavy atom. The fourth-order valence-corrected chi connectivity index (χ4v) is 2.58. The first kappa shape index (κ1) is 12.4. The van der Waals surface area contributed by atoms with Crippen LogP contribution in [0.2, 0.25) is 0 Å². The minimum atomic E-state index is -0.109. The Morgan fingerprint density at radius 2 is 2.42 bits per heavy atom. The van der Waals surface area contributed by atoms with Crippen LogP contribution in [0.3, 0.4) is 0 Å². The van der Waals surface area contributed by atoms with Crippen LogP contribution < -0.4 is 5.32 Å². The average Bonchev–Trinajstić information content (AvgIpc) is 2.99. The van der Waals surface area contributed by atoms with Gasteiger partial charge >= 0.3 is 0 Å². The Bertz CT molecular complexity index is 515. The highest BCUT2D eigenvalue weighted by Crippen LogP contribution is 2.28. The van der Waals surface area contributed by atoms with E-state index in [2.05, 4.69) is 10.3 Å². The van der Waals surface area contributed by atoms with E-state index in [-0.39, 0.29) is 12.1 Å². The SMILES string of the molecule is Cn1ccnc1C(NCC1CC(O)C1)c1ccco1. The van der Waals surface area contributed by atoms with Gasteiger partial charge in [0.15, 0.2) is 0 Å². The first-order valence-corrected chi connectivity index (χ1v) is 6.66. The van der Waals surface area contributed by atoms with Crippen molar-refractivity contribution in [2.45, 2.75) is 25.0 Å². The zero-order valence-corrected chi connectivity index (χ0v) is 11.0.